The first-order chi connectivity index (χ1) is 4.80. The van der Waals surface area contributed by atoms with Gasteiger partial charge in [0.25, 0.3) is 0 Å². The molecule has 1 saturated heterocycles. The van der Waals surface area contributed by atoms with Crippen LogP contribution in [0.3, 0.4) is 0 Å². The molecular weight excluding hydrogens is 154 g/mol. The zero-order chi connectivity index (χ0) is 7.40. The summed E-state index contributed by atoms with van der Waals surface area (Å²) < 4.78 is 5.12. The summed E-state index contributed by atoms with van der Waals surface area (Å²) >= 11 is 5.26. The SMILES string of the molecule is O=C(Cl)N1CCCOCC1. The number of rotatable bonds is 0. The van der Waals surface area contributed by atoms with Crippen molar-refractivity contribution < 1.29 is 9.53 Å². The van der Waals surface area contributed by atoms with Gasteiger partial charge in [0.15, 0.2) is 0 Å². The molecule has 0 aromatic rings. The molecule has 1 rings (SSSR count). The van der Waals surface area contributed by atoms with E-state index in [4.69, 9.17) is 16.3 Å². The molecule has 0 bridgehead atoms. The average Bonchev–Trinajstić information content (AvgIpc) is 2.12. The summed E-state index contributed by atoms with van der Waals surface area (Å²) in [7, 11) is 0. The highest BCUT2D eigenvalue weighted by Crippen LogP contribution is 2.01. The molecule has 1 aliphatic rings. The van der Waals surface area contributed by atoms with Crippen LogP contribution in [0.5, 0.6) is 0 Å². The molecule has 0 atom stereocenters. The lowest BCUT2D eigenvalue weighted by Crippen LogP contribution is -2.28. The number of nitrogens with zero attached hydrogens (tertiary/aromatic N) is 1. The van der Waals surface area contributed by atoms with Crippen LogP contribution in [0.25, 0.3) is 0 Å². The van der Waals surface area contributed by atoms with Crippen molar-refractivity contribution in [2.45, 2.75) is 6.42 Å². The third-order valence-corrected chi connectivity index (χ3v) is 1.71. The van der Waals surface area contributed by atoms with E-state index < -0.39 is 0 Å². The topological polar surface area (TPSA) is 29.5 Å². The molecule has 58 valence electrons. The van der Waals surface area contributed by atoms with Crippen molar-refractivity contribution in [3.05, 3.63) is 0 Å². The van der Waals surface area contributed by atoms with E-state index in [9.17, 15) is 4.79 Å². The standard InChI is InChI=1S/C6H10ClNO2/c7-6(9)8-2-1-4-10-5-3-8/h1-5H2. The smallest absolute Gasteiger partial charge is 0.316 e. The van der Waals surface area contributed by atoms with E-state index in [1.165, 1.54) is 0 Å². The van der Waals surface area contributed by atoms with Crippen LogP contribution < -0.4 is 0 Å². The van der Waals surface area contributed by atoms with E-state index in [0.29, 0.717) is 13.2 Å². The highest BCUT2D eigenvalue weighted by atomic mass is 35.5. The minimum atomic E-state index is -0.370. The summed E-state index contributed by atoms with van der Waals surface area (Å²) in [5.41, 5.74) is 0. The Labute approximate surface area is 64.9 Å². The minimum Gasteiger partial charge on any atom is -0.380 e. The molecular formula is C6H10ClNO2. The number of amides is 1. The van der Waals surface area contributed by atoms with E-state index in [1.807, 2.05) is 0 Å². The molecule has 0 radical (unpaired) electrons. The van der Waals surface area contributed by atoms with Crippen LogP contribution in [0.4, 0.5) is 4.79 Å². The fourth-order valence-electron chi connectivity index (χ4n) is 0.922. The first-order valence-corrected chi connectivity index (χ1v) is 3.70. The fourth-order valence-corrected chi connectivity index (χ4v) is 1.09. The largest absolute Gasteiger partial charge is 0.380 e. The van der Waals surface area contributed by atoms with Crippen LogP contribution in [-0.4, -0.2) is 36.6 Å². The van der Waals surface area contributed by atoms with Crippen LogP contribution in [0.15, 0.2) is 0 Å². The van der Waals surface area contributed by atoms with Gasteiger partial charge in [-0.25, -0.2) is 0 Å². The second kappa shape index (κ2) is 3.78. The van der Waals surface area contributed by atoms with Crippen LogP contribution in [0.1, 0.15) is 6.42 Å². The van der Waals surface area contributed by atoms with Gasteiger partial charge in [0.1, 0.15) is 0 Å². The van der Waals surface area contributed by atoms with Crippen molar-refractivity contribution in [1.29, 1.82) is 0 Å². The molecule has 1 amide bonds. The Bertz CT molecular complexity index is 121. The Morgan fingerprint density at radius 3 is 2.90 bits per heavy atom. The quantitative estimate of drug-likeness (QED) is 0.395. The van der Waals surface area contributed by atoms with E-state index in [1.54, 1.807) is 4.90 Å². The van der Waals surface area contributed by atoms with Crippen LogP contribution in [0.2, 0.25) is 0 Å². The lowest BCUT2D eigenvalue weighted by atomic mass is 10.4. The zero-order valence-electron chi connectivity index (χ0n) is 5.68. The van der Waals surface area contributed by atoms with Gasteiger partial charge < -0.3 is 9.64 Å². The maximum absolute atomic E-state index is 10.6. The van der Waals surface area contributed by atoms with Crippen molar-refractivity contribution >= 4 is 17.0 Å². The van der Waals surface area contributed by atoms with Crippen molar-refractivity contribution in [2.24, 2.45) is 0 Å². The van der Waals surface area contributed by atoms with E-state index in [2.05, 4.69) is 0 Å². The van der Waals surface area contributed by atoms with E-state index in [-0.39, 0.29) is 5.37 Å². The van der Waals surface area contributed by atoms with Gasteiger partial charge in [-0.2, -0.15) is 0 Å². The molecule has 0 aromatic heterocycles. The maximum atomic E-state index is 10.6. The van der Waals surface area contributed by atoms with Gasteiger partial charge in [0, 0.05) is 19.7 Å². The highest BCUT2D eigenvalue weighted by molar-refractivity contribution is 6.62. The van der Waals surface area contributed by atoms with E-state index >= 15 is 0 Å². The zero-order valence-corrected chi connectivity index (χ0v) is 6.43. The monoisotopic (exact) mass is 163 g/mol. The highest BCUT2D eigenvalue weighted by Gasteiger charge is 2.12. The molecule has 0 aliphatic carbocycles. The van der Waals surface area contributed by atoms with Gasteiger partial charge >= 0.3 is 5.37 Å². The van der Waals surface area contributed by atoms with Gasteiger partial charge in [-0.05, 0) is 18.0 Å². The van der Waals surface area contributed by atoms with Crippen molar-refractivity contribution in [1.82, 2.24) is 4.90 Å². The Kier molecular flexibility index (Phi) is 2.96. The summed E-state index contributed by atoms with van der Waals surface area (Å²) in [6.45, 7) is 2.70. The van der Waals surface area contributed by atoms with Crippen LogP contribution in [-0.2, 0) is 4.74 Å². The minimum absolute atomic E-state index is 0.370. The van der Waals surface area contributed by atoms with E-state index in [0.717, 1.165) is 19.6 Å². The lowest BCUT2D eigenvalue weighted by molar-refractivity contribution is 0.144. The Morgan fingerprint density at radius 1 is 1.40 bits per heavy atom. The van der Waals surface area contributed by atoms with Gasteiger partial charge in [-0.15, -0.1) is 0 Å². The molecule has 0 aromatic carbocycles. The maximum Gasteiger partial charge on any atom is 0.316 e. The predicted octanol–water partition coefficient (Wildman–Crippen LogP) is 1.07. The van der Waals surface area contributed by atoms with Crippen molar-refractivity contribution in [3.8, 4) is 0 Å². The second-order valence-corrected chi connectivity index (χ2v) is 2.53. The first-order valence-electron chi connectivity index (χ1n) is 3.33. The molecule has 1 fully saturated rings. The number of hydrogen-bond donors (Lipinski definition) is 0. The van der Waals surface area contributed by atoms with Crippen LogP contribution >= 0.6 is 11.6 Å². The summed E-state index contributed by atoms with van der Waals surface area (Å²) in [6, 6.07) is 0. The van der Waals surface area contributed by atoms with Crippen molar-refractivity contribution in [3.63, 3.8) is 0 Å². The molecule has 4 heteroatoms. The van der Waals surface area contributed by atoms with Crippen LogP contribution in [0, 0.1) is 0 Å². The summed E-state index contributed by atoms with van der Waals surface area (Å²) in [5.74, 6) is 0. The lowest BCUT2D eigenvalue weighted by Gasteiger charge is -2.14. The van der Waals surface area contributed by atoms with Gasteiger partial charge in [-0.1, -0.05) is 0 Å². The fraction of sp³-hybridized carbons (Fsp3) is 0.833. The second-order valence-electron chi connectivity index (χ2n) is 2.21. The molecule has 0 spiro atoms. The molecule has 0 unspecified atom stereocenters. The normalized spacial score (nSPS) is 20.3. The Balaban J connectivity index is 2.35. The predicted molar refractivity (Wildman–Crippen MR) is 38.3 cm³/mol. The number of hydrogen-bond acceptors (Lipinski definition) is 2. The van der Waals surface area contributed by atoms with Gasteiger partial charge in [-0.3, -0.25) is 4.79 Å². The summed E-state index contributed by atoms with van der Waals surface area (Å²) in [6.07, 6.45) is 0.887. The number of ether oxygens (including phenoxy) is 1. The molecule has 1 aliphatic heterocycles. The van der Waals surface area contributed by atoms with Crippen molar-refractivity contribution in [2.75, 3.05) is 26.3 Å². The van der Waals surface area contributed by atoms with Gasteiger partial charge in [0.05, 0.1) is 6.61 Å². The Hall–Kier alpha value is -0.280. The molecule has 0 saturated carbocycles. The number of halogens is 1. The molecule has 1 heterocycles. The molecule has 3 nitrogen and oxygen atoms in total. The summed E-state index contributed by atoms with van der Waals surface area (Å²) in [4.78, 5) is 12.2. The Morgan fingerprint density at radius 2 is 2.20 bits per heavy atom. The number of carbonyl (C=O) groups is 1. The third kappa shape index (κ3) is 2.15. The first kappa shape index (κ1) is 7.82. The molecule has 0 N–H and O–H groups in total. The third-order valence-electron chi connectivity index (χ3n) is 1.47. The number of carbonyl (C=O) groups excluding carboxylic acids is 1. The average molecular weight is 164 g/mol. The molecule has 10 heavy (non-hydrogen) atoms. The van der Waals surface area contributed by atoms with Gasteiger partial charge in [0.2, 0.25) is 0 Å². The summed E-state index contributed by atoms with van der Waals surface area (Å²) in [5, 5.41) is -0.370.